The topological polar surface area (TPSA) is 59.0 Å². The van der Waals surface area contributed by atoms with Gasteiger partial charge in [0.05, 0.1) is 20.3 Å². The van der Waals surface area contributed by atoms with Crippen molar-refractivity contribution in [1.29, 1.82) is 0 Å². The molecule has 1 N–H and O–H groups in total. The zero-order valence-corrected chi connectivity index (χ0v) is 15.2. The van der Waals surface area contributed by atoms with E-state index in [9.17, 15) is 9.90 Å². The number of carbonyl (C=O) groups excluding carboxylic acids is 1. The van der Waals surface area contributed by atoms with Gasteiger partial charge in [-0.3, -0.25) is 4.79 Å². The molecule has 0 spiro atoms. The van der Waals surface area contributed by atoms with Gasteiger partial charge in [0.25, 0.3) is 0 Å². The Bertz CT molecular complexity index is 827. The molecule has 0 aliphatic carbocycles. The third-order valence-electron chi connectivity index (χ3n) is 4.82. The van der Waals surface area contributed by atoms with Gasteiger partial charge >= 0.3 is 0 Å². The van der Waals surface area contributed by atoms with Gasteiger partial charge in [0.2, 0.25) is 0 Å². The van der Waals surface area contributed by atoms with E-state index in [2.05, 4.69) is 11.8 Å². The van der Waals surface area contributed by atoms with Crippen LogP contribution in [0, 0.1) is 0 Å². The summed E-state index contributed by atoms with van der Waals surface area (Å²) >= 11 is 0. The highest BCUT2D eigenvalue weighted by Crippen LogP contribution is 2.37. The van der Waals surface area contributed by atoms with Crippen molar-refractivity contribution in [3.63, 3.8) is 0 Å². The smallest absolute Gasteiger partial charge is 0.187 e. The molecule has 26 heavy (non-hydrogen) atoms. The Morgan fingerprint density at radius 3 is 2.58 bits per heavy atom. The number of benzene rings is 2. The Hall–Kier alpha value is -2.95. The molecular formula is C21H23NO4. The van der Waals surface area contributed by atoms with Crippen LogP contribution in [0.3, 0.4) is 0 Å². The van der Waals surface area contributed by atoms with E-state index in [4.69, 9.17) is 9.47 Å². The lowest BCUT2D eigenvalue weighted by Gasteiger charge is -2.34. The van der Waals surface area contributed by atoms with Gasteiger partial charge in [0.1, 0.15) is 5.75 Å². The predicted octanol–water partition coefficient (Wildman–Crippen LogP) is 3.73. The molecular weight excluding hydrogens is 330 g/mol. The van der Waals surface area contributed by atoms with Crippen LogP contribution in [0.1, 0.15) is 34.5 Å². The Morgan fingerprint density at radius 2 is 1.92 bits per heavy atom. The highest BCUT2D eigenvalue weighted by atomic mass is 16.5. The first-order valence-electron chi connectivity index (χ1n) is 8.55. The van der Waals surface area contributed by atoms with E-state index in [0.29, 0.717) is 11.3 Å². The number of allylic oxidation sites excluding steroid dienone is 1. The summed E-state index contributed by atoms with van der Waals surface area (Å²) in [4.78, 5) is 14.5. The van der Waals surface area contributed by atoms with Gasteiger partial charge in [-0.2, -0.15) is 0 Å². The Morgan fingerprint density at radius 1 is 1.19 bits per heavy atom. The van der Waals surface area contributed by atoms with E-state index in [1.54, 1.807) is 50.6 Å². The summed E-state index contributed by atoms with van der Waals surface area (Å²) in [5.74, 6) is 1.31. The van der Waals surface area contributed by atoms with Crippen LogP contribution in [0.25, 0.3) is 0 Å². The van der Waals surface area contributed by atoms with Crippen molar-refractivity contribution in [2.24, 2.45) is 0 Å². The molecule has 1 aliphatic heterocycles. The van der Waals surface area contributed by atoms with Crippen LogP contribution in [-0.2, 0) is 6.42 Å². The van der Waals surface area contributed by atoms with Gasteiger partial charge in [0, 0.05) is 24.4 Å². The Balaban J connectivity index is 1.76. The van der Waals surface area contributed by atoms with Gasteiger partial charge in [-0.15, -0.1) is 0 Å². The Kier molecular flexibility index (Phi) is 5.16. The van der Waals surface area contributed by atoms with E-state index >= 15 is 0 Å². The lowest BCUT2D eigenvalue weighted by atomic mass is 9.93. The maximum atomic E-state index is 12.4. The number of ketones is 1. The first-order chi connectivity index (χ1) is 12.5. The molecule has 0 fully saturated rings. The highest BCUT2D eigenvalue weighted by molar-refractivity contribution is 6.04. The molecule has 5 nitrogen and oxygen atoms in total. The summed E-state index contributed by atoms with van der Waals surface area (Å²) < 4.78 is 10.3. The third kappa shape index (κ3) is 3.52. The van der Waals surface area contributed by atoms with Crippen molar-refractivity contribution in [2.45, 2.75) is 19.4 Å². The number of rotatable bonds is 5. The van der Waals surface area contributed by atoms with Crippen molar-refractivity contribution < 1.29 is 19.4 Å². The fraction of sp³-hybridized carbons (Fsp3) is 0.286. The molecule has 2 aromatic rings. The number of methoxy groups -OCH3 is 2. The predicted molar refractivity (Wildman–Crippen MR) is 99.9 cm³/mol. The highest BCUT2D eigenvalue weighted by Gasteiger charge is 2.23. The lowest BCUT2D eigenvalue weighted by Crippen LogP contribution is -2.29. The fourth-order valence-electron chi connectivity index (χ4n) is 3.24. The molecule has 0 saturated carbocycles. The van der Waals surface area contributed by atoms with Crippen LogP contribution < -0.4 is 9.47 Å². The van der Waals surface area contributed by atoms with Crippen LogP contribution in [0.2, 0.25) is 0 Å². The van der Waals surface area contributed by atoms with Gasteiger partial charge in [-0.1, -0.05) is 0 Å². The summed E-state index contributed by atoms with van der Waals surface area (Å²) in [7, 11) is 3.14. The van der Waals surface area contributed by atoms with Crippen LogP contribution in [-0.4, -0.2) is 36.6 Å². The summed E-state index contributed by atoms with van der Waals surface area (Å²) in [6.07, 6.45) is 4.25. The summed E-state index contributed by atoms with van der Waals surface area (Å²) in [5.41, 5.74) is 2.84. The monoisotopic (exact) mass is 353 g/mol. The van der Waals surface area contributed by atoms with E-state index in [0.717, 1.165) is 29.8 Å². The van der Waals surface area contributed by atoms with Crippen molar-refractivity contribution >= 4 is 5.78 Å². The lowest BCUT2D eigenvalue weighted by molar-refractivity contribution is 0.104. The molecule has 0 bridgehead atoms. The minimum atomic E-state index is -0.0473. The van der Waals surface area contributed by atoms with Crippen LogP contribution in [0.15, 0.2) is 48.7 Å². The van der Waals surface area contributed by atoms with E-state index < -0.39 is 0 Å². The average molecular weight is 353 g/mol. The maximum absolute atomic E-state index is 12.4. The summed E-state index contributed by atoms with van der Waals surface area (Å²) in [6.45, 7) is 2.86. The molecule has 5 heteroatoms. The second-order valence-electron chi connectivity index (χ2n) is 6.30. The van der Waals surface area contributed by atoms with Gasteiger partial charge in [-0.25, -0.2) is 0 Å². The van der Waals surface area contributed by atoms with Gasteiger partial charge in [-0.05, 0) is 60.9 Å². The molecule has 1 aliphatic rings. The molecule has 1 atom stereocenters. The first-order valence-corrected chi connectivity index (χ1v) is 8.55. The third-order valence-corrected chi connectivity index (χ3v) is 4.82. The molecule has 3 rings (SSSR count). The summed E-state index contributed by atoms with van der Waals surface area (Å²) in [5, 5.41) is 9.95. The van der Waals surface area contributed by atoms with Crippen molar-refractivity contribution in [3.8, 4) is 17.2 Å². The van der Waals surface area contributed by atoms with E-state index in [1.165, 1.54) is 0 Å². The largest absolute Gasteiger partial charge is 0.504 e. The Labute approximate surface area is 153 Å². The maximum Gasteiger partial charge on any atom is 0.187 e. The normalized spacial score (nSPS) is 16.4. The second kappa shape index (κ2) is 7.52. The zero-order chi connectivity index (χ0) is 18.7. The fourth-order valence-corrected chi connectivity index (χ4v) is 3.24. The molecule has 136 valence electrons. The van der Waals surface area contributed by atoms with E-state index in [-0.39, 0.29) is 17.6 Å². The molecule has 0 radical (unpaired) electrons. The molecule has 0 saturated heterocycles. The molecule has 2 aromatic carbocycles. The average Bonchev–Trinajstić information content (AvgIpc) is 2.67. The number of nitrogens with zero attached hydrogens (tertiary/aromatic N) is 1. The van der Waals surface area contributed by atoms with Gasteiger partial charge in [0.15, 0.2) is 17.3 Å². The van der Waals surface area contributed by atoms with Crippen LogP contribution in [0.4, 0.5) is 0 Å². The quantitative estimate of drug-likeness (QED) is 0.656. The standard InChI is InChI=1S/C21H23NO4/c1-14-18-13-21(26-3)20(24)12-16(18)8-10-22(14)11-9-19(23)15-4-6-17(25-2)7-5-15/h4-7,9,11-14,24H,8,10H2,1-3H3/b11-9+/t14-/m0/s1. The van der Waals surface area contributed by atoms with Crippen LogP contribution >= 0.6 is 0 Å². The van der Waals surface area contributed by atoms with Crippen LogP contribution in [0.5, 0.6) is 17.2 Å². The minimum Gasteiger partial charge on any atom is -0.504 e. The van der Waals surface area contributed by atoms with Gasteiger partial charge < -0.3 is 19.5 Å². The first kappa shape index (κ1) is 17.9. The van der Waals surface area contributed by atoms with E-state index in [1.807, 2.05) is 12.3 Å². The number of ether oxygens (including phenoxy) is 2. The number of hydrogen-bond acceptors (Lipinski definition) is 5. The number of carbonyl (C=O) groups is 1. The minimum absolute atomic E-state index is 0.0473. The second-order valence-corrected chi connectivity index (χ2v) is 6.30. The zero-order valence-electron chi connectivity index (χ0n) is 15.2. The molecule has 0 aromatic heterocycles. The molecule has 0 amide bonds. The van der Waals surface area contributed by atoms with Crippen molar-refractivity contribution in [2.75, 3.05) is 20.8 Å². The molecule has 1 heterocycles. The number of phenols is 1. The summed E-state index contributed by atoms with van der Waals surface area (Å²) in [6, 6.07) is 10.8. The number of phenolic OH excluding ortho intramolecular Hbond substituents is 1. The van der Waals surface area contributed by atoms with Crippen molar-refractivity contribution in [1.82, 2.24) is 4.90 Å². The number of aromatic hydroxyl groups is 1. The molecule has 0 unspecified atom stereocenters. The number of fused-ring (bicyclic) bond motifs is 1. The number of hydrogen-bond donors (Lipinski definition) is 1. The SMILES string of the molecule is COc1ccc(C(=O)/C=C/N2CCc3cc(O)c(OC)cc3[C@@H]2C)cc1. The van der Waals surface area contributed by atoms with Crippen molar-refractivity contribution in [3.05, 3.63) is 65.4 Å².